The Labute approximate surface area is 59.2 Å². The molecule has 0 atom stereocenters. The van der Waals surface area contributed by atoms with Gasteiger partial charge in [-0.05, 0) is 27.0 Å². The Morgan fingerprint density at radius 1 is 1.33 bits per heavy atom. The average Bonchev–Trinajstić information content (AvgIpc) is 1.88. The van der Waals surface area contributed by atoms with E-state index in [-0.39, 0.29) is 0 Å². The minimum Gasteiger partial charge on any atom is -0.391 e. The van der Waals surface area contributed by atoms with Crippen molar-refractivity contribution in [3.8, 4) is 0 Å². The molecule has 0 radical (unpaired) electrons. The first-order valence-corrected chi connectivity index (χ1v) is 3.64. The molecule has 0 fully saturated rings. The molecular formula is C8H19N. The SMILES string of the molecule is CC.CCNC=C(C)C. The van der Waals surface area contributed by atoms with Crippen LogP contribution in [0.1, 0.15) is 34.6 Å². The van der Waals surface area contributed by atoms with Crippen LogP contribution in [0, 0.1) is 0 Å². The standard InChI is InChI=1S/C6H13N.C2H6/c1-4-7-5-6(2)3;1-2/h5,7H,4H2,1-3H3;1-2H3. The molecule has 0 bridgehead atoms. The van der Waals surface area contributed by atoms with Gasteiger partial charge in [-0.3, -0.25) is 0 Å². The normalized spacial score (nSPS) is 6.78. The van der Waals surface area contributed by atoms with Gasteiger partial charge < -0.3 is 5.32 Å². The van der Waals surface area contributed by atoms with Gasteiger partial charge in [0.15, 0.2) is 0 Å². The van der Waals surface area contributed by atoms with Crippen molar-refractivity contribution in [2.75, 3.05) is 6.54 Å². The van der Waals surface area contributed by atoms with Crippen molar-refractivity contribution < 1.29 is 0 Å². The summed E-state index contributed by atoms with van der Waals surface area (Å²) in [4.78, 5) is 0. The van der Waals surface area contributed by atoms with E-state index in [9.17, 15) is 0 Å². The van der Waals surface area contributed by atoms with Gasteiger partial charge in [0.05, 0.1) is 0 Å². The fourth-order valence-electron chi connectivity index (χ4n) is 0.306. The molecule has 0 unspecified atom stereocenters. The summed E-state index contributed by atoms with van der Waals surface area (Å²) in [5, 5.41) is 3.09. The number of allylic oxidation sites excluding steroid dienone is 1. The predicted octanol–water partition coefficient (Wildman–Crippen LogP) is 2.55. The minimum absolute atomic E-state index is 1.02. The molecule has 0 aromatic carbocycles. The lowest BCUT2D eigenvalue weighted by molar-refractivity contribution is 0.907. The number of hydrogen-bond acceptors (Lipinski definition) is 1. The van der Waals surface area contributed by atoms with Crippen LogP contribution in [-0.4, -0.2) is 6.54 Å². The van der Waals surface area contributed by atoms with Gasteiger partial charge in [-0.15, -0.1) is 0 Å². The summed E-state index contributed by atoms with van der Waals surface area (Å²) in [5.41, 5.74) is 1.32. The van der Waals surface area contributed by atoms with E-state index >= 15 is 0 Å². The van der Waals surface area contributed by atoms with Crippen molar-refractivity contribution in [3.05, 3.63) is 11.8 Å². The van der Waals surface area contributed by atoms with Gasteiger partial charge >= 0.3 is 0 Å². The van der Waals surface area contributed by atoms with Crippen LogP contribution in [0.3, 0.4) is 0 Å². The molecule has 0 aromatic heterocycles. The molecule has 1 heteroatoms. The molecule has 0 saturated heterocycles. The second kappa shape index (κ2) is 10.5. The summed E-state index contributed by atoms with van der Waals surface area (Å²) >= 11 is 0. The molecule has 0 aliphatic carbocycles. The molecule has 0 heterocycles. The van der Waals surface area contributed by atoms with E-state index in [2.05, 4.69) is 26.1 Å². The van der Waals surface area contributed by atoms with Crippen LogP contribution in [0.5, 0.6) is 0 Å². The maximum Gasteiger partial charge on any atom is 0.0113 e. The van der Waals surface area contributed by atoms with Gasteiger partial charge in [-0.1, -0.05) is 19.4 Å². The molecule has 0 aromatic rings. The largest absolute Gasteiger partial charge is 0.391 e. The Balaban J connectivity index is 0. The Morgan fingerprint density at radius 3 is 1.89 bits per heavy atom. The zero-order valence-electron chi connectivity index (χ0n) is 7.28. The Kier molecular flexibility index (Phi) is 13.3. The second-order valence-electron chi connectivity index (χ2n) is 1.78. The molecule has 0 amide bonds. The fourth-order valence-corrected chi connectivity index (χ4v) is 0.306. The first-order chi connectivity index (χ1) is 4.27. The van der Waals surface area contributed by atoms with Crippen LogP contribution in [0.15, 0.2) is 11.8 Å². The van der Waals surface area contributed by atoms with Gasteiger partial charge in [0.1, 0.15) is 0 Å². The van der Waals surface area contributed by atoms with E-state index in [4.69, 9.17) is 0 Å². The highest BCUT2D eigenvalue weighted by atomic mass is 14.8. The van der Waals surface area contributed by atoms with Crippen LogP contribution in [0.2, 0.25) is 0 Å². The molecular weight excluding hydrogens is 110 g/mol. The van der Waals surface area contributed by atoms with E-state index in [0.29, 0.717) is 0 Å². The van der Waals surface area contributed by atoms with Gasteiger partial charge in [0.2, 0.25) is 0 Å². The fraction of sp³-hybridized carbons (Fsp3) is 0.750. The summed E-state index contributed by atoms with van der Waals surface area (Å²) in [6, 6.07) is 0. The zero-order valence-corrected chi connectivity index (χ0v) is 7.28. The summed E-state index contributed by atoms with van der Waals surface area (Å²) in [7, 11) is 0. The Bertz CT molecular complexity index is 61.0. The molecule has 0 aliphatic rings. The highest BCUT2D eigenvalue weighted by Crippen LogP contribution is 1.81. The minimum atomic E-state index is 1.02. The smallest absolute Gasteiger partial charge is 0.0113 e. The first kappa shape index (κ1) is 11.4. The summed E-state index contributed by atoms with van der Waals surface area (Å²) in [5.74, 6) is 0. The molecule has 0 spiro atoms. The topological polar surface area (TPSA) is 12.0 Å². The summed E-state index contributed by atoms with van der Waals surface area (Å²) < 4.78 is 0. The monoisotopic (exact) mass is 129 g/mol. The lowest BCUT2D eigenvalue weighted by atomic mass is 10.4. The third kappa shape index (κ3) is 18.5. The lowest BCUT2D eigenvalue weighted by Crippen LogP contribution is -2.02. The lowest BCUT2D eigenvalue weighted by Gasteiger charge is -1.91. The molecule has 9 heavy (non-hydrogen) atoms. The molecule has 1 N–H and O–H groups in total. The highest BCUT2D eigenvalue weighted by molar-refractivity contribution is 4.90. The van der Waals surface area contributed by atoms with Crippen molar-refractivity contribution in [2.45, 2.75) is 34.6 Å². The quantitative estimate of drug-likeness (QED) is 0.604. The third-order valence-electron chi connectivity index (χ3n) is 0.595. The van der Waals surface area contributed by atoms with Crippen LogP contribution >= 0.6 is 0 Å². The van der Waals surface area contributed by atoms with Crippen LogP contribution < -0.4 is 5.32 Å². The molecule has 56 valence electrons. The van der Waals surface area contributed by atoms with E-state index in [1.807, 2.05) is 20.0 Å². The van der Waals surface area contributed by atoms with E-state index in [1.54, 1.807) is 0 Å². The third-order valence-corrected chi connectivity index (χ3v) is 0.595. The first-order valence-electron chi connectivity index (χ1n) is 3.64. The zero-order chi connectivity index (χ0) is 7.70. The van der Waals surface area contributed by atoms with Gasteiger partial charge in [-0.2, -0.15) is 0 Å². The molecule has 1 nitrogen and oxygen atoms in total. The predicted molar refractivity (Wildman–Crippen MR) is 44.5 cm³/mol. The van der Waals surface area contributed by atoms with E-state index in [0.717, 1.165) is 6.54 Å². The van der Waals surface area contributed by atoms with E-state index in [1.165, 1.54) is 5.57 Å². The maximum atomic E-state index is 3.09. The van der Waals surface area contributed by atoms with Gasteiger partial charge in [0, 0.05) is 6.54 Å². The van der Waals surface area contributed by atoms with Crippen LogP contribution in [0.4, 0.5) is 0 Å². The average molecular weight is 129 g/mol. The Hall–Kier alpha value is -0.460. The number of nitrogens with one attached hydrogen (secondary N) is 1. The van der Waals surface area contributed by atoms with E-state index < -0.39 is 0 Å². The van der Waals surface area contributed by atoms with Gasteiger partial charge in [-0.25, -0.2) is 0 Å². The summed E-state index contributed by atoms with van der Waals surface area (Å²) in [6.07, 6.45) is 2.01. The second-order valence-corrected chi connectivity index (χ2v) is 1.78. The molecule has 0 aliphatic heterocycles. The molecule has 0 rings (SSSR count). The van der Waals surface area contributed by atoms with Crippen molar-refractivity contribution in [1.82, 2.24) is 5.32 Å². The van der Waals surface area contributed by atoms with Crippen molar-refractivity contribution in [2.24, 2.45) is 0 Å². The highest BCUT2D eigenvalue weighted by Gasteiger charge is 1.69. The van der Waals surface area contributed by atoms with Gasteiger partial charge in [0.25, 0.3) is 0 Å². The van der Waals surface area contributed by atoms with Crippen molar-refractivity contribution in [3.63, 3.8) is 0 Å². The van der Waals surface area contributed by atoms with Crippen molar-refractivity contribution in [1.29, 1.82) is 0 Å². The Morgan fingerprint density at radius 2 is 1.78 bits per heavy atom. The summed E-state index contributed by atoms with van der Waals surface area (Å²) in [6.45, 7) is 11.2. The van der Waals surface area contributed by atoms with Crippen LogP contribution in [0.25, 0.3) is 0 Å². The van der Waals surface area contributed by atoms with Crippen LogP contribution in [-0.2, 0) is 0 Å². The number of hydrogen-bond donors (Lipinski definition) is 1. The maximum absolute atomic E-state index is 3.09. The number of rotatable bonds is 2. The van der Waals surface area contributed by atoms with Crippen molar-refractivity contribution >= 4 is 0 Å². The molecule has 0 saturated carbocycles.